The van der Waals surface area contributed by atoms with Crippen molar-refractivity contribution in [2.75, 3.05) is 26.7 Å². The molecule has 0 radical (unpaired) electrons. The van der Waals surface area contributed by atoms with Gasteiger partial charge in [-0.05, 0) is 33.0 Å². The maximum atomic E-state index is 9.60. The van der Waals surface area contributed by atoms with E-state index in [4.69, 9.17) is 5.73 Å². The van der Waals surface area contributed by atoms with Gasteiger partial charge in [0, 0.05) is 17.8 Å². The van der Waals surface area contributed by atoms with Gasteiger partial charge in [0.05, 0.1) is 5.69 Å². The summed E-state index contributed by atoms with van der Waals surface area (Å²) in [4.78, 5) is 6.85. The van der Waals surface area contributed by atoms with E-state index in [1.165, 1.54) is 24.2 Å². The zero-order valence-corrected chi connectivity index (χ0v) is 10.4. The highest BCUT2D eigenvalue weighted by Gasteiger charge is 2.21. The summed E-state index contributed by atoms with van der Waals surface area (Å²) in [6, 6.07) is 0. The number of aliphatic hydroxyl groups is 1. The molecule has 4 nitrogen and oxygen atoms in total. The van der Waals surface area contributed by atoms with Crippen molar-refractivity contribution in [1.82, 2.24) is 9.88 Å². The Bertz CT molecular complexity index is 334. The van der Waals surface area contributed by atoms with Crippen molar-refractivity contribution in [2.45, 2.75) is 24.9 Å². The van der Waals surface area contributed by atoms with Crippen LogP contribution in [-0.2, 0) is 0 Å². The number of hydrogen-bond acceptors (Lipinski definition) is 5. The molecule has 0 spiro atoms. The summed E-state index contributed by atoms with van der Waals surface area (Å²) in [6.07, 6.45) is 1.74. The monoisotopic (exact) mass is 241 g/mol. The fourth-order valence-corrected chi connectivity index (χ4v) is 2.94. The van der Waals surface area contributed by atoms with Gasteiger partial charge in [-0.3, -0.25) is 0 Å². The molecule has 90 valence electrons. The number of aromatic nitrogens is 1. The Morgan fingerprint density at radius 1 is 1.62 bits per heavy atom. The summed E-state index contributed by atoms with van der Waals surface area (Å²) in [7, 11) is 2.15. The molecule has 1 fully saturated rings. The Kier molecular flexibility index (Phi) is 3.91. The average molecular weight is 241 g/mol. The quantitative estimate of drug-likeness (QED) is 0.827. The number of nitrogens with two attached hydrogens (primary N) is 1. The normalized spacial score (nSPS) is 21.2. The molecule has 1 atom stereocenters. The van der Waals surface area contributed by atoms with Crippen LogP contribution in [0.15, 0.2) is 5.38 Å². The highest BCUT2D eigenvalue weighted by atomic mass is 32.1. The second-order valence-corrected chi connectivity index (χ2v) is 5.33. The van der Waals surface area contributed by atoms with Crippen LogP contribution in [0, 0.1) is 0 Å². The van der Waals surface area contributed by atoms with E-state index in [1.54, 1.807) is 0 Å². The van der Waals surface area contributed by atoms with Crippen molar-refractivity contribution in [2.24, 2.45) is 5.73 Å². The van der Waals surface area contributed by atoms with E-state index in [2.05, 4.69) is 22.3 Å². The van der Waals surface area contributed by atoms with Gasteiger partial charge in [-0.15, -0.1) is 11.3 Å². The van der Waals surface area contributed by atoms with Crippen molar-refractivity contribution in [1.29, 1.82) is 0 Å². The van der Waals surface area contributed by atoms with Crippen molar-refractivity contribution < 1.29 is 5.11 Å². The SMILES string of the molecule is CN1CCC(c2csc(C(O)CN)n2)CC1. The van der Waals surface area contributed by atoms with E-state index in [-0.39, 0.29) is 6.54 Å². The second-order valence-electron chi connectivity index (χ2n) is 4.44. The lowest BCUT2D eigenvalue weighted by Crippen LogP contribution is -2.29. The molecular formula is C11H19N3OS. The molecule has 1 unspecified atom stereocenters. The lowest BCUT2D eigenvalue weighted by molar-refractivity contribution is 0.185. The maximum Gasteiger partial charge on any atom is 0.123 e. The number of rotatable bonds is 3. The first kappa shape index (κ1) is 12.0. The van der Waals surface area contributed by atoms with Crippen LogP contribution in [0.25, 0.3) is 0 Å². The summed E-state index contributed by atoms with van der Waals surface area (Å²) < 4.78 is 0. The third-order valence-electron chi connectivity index (χ3n) is 3.18. The Hall–Kier alpha value is -0.490. The Morgan fingerprint density at radius 2 is 2.31 bits per heavy atom. The van der Waals surface area contributed by atoms with E-state index in [1.807, 2.05) is 0 Å². The summed E-state index contributed by atoms with van der Waals surface area (Å²) in [5.41, 5.74) is 6.56. The summed E-state index contributed by atoms with van der Waals surface area (Å²) in [6.45, 7) is 2.52. The van der Waals surface area contributed by atoms with Gasteiger partial charge in [-0.2, -0.15) is 0 Å². The first-order valence-corrected chi connectivity index (χ1v) is 6.60. The summed E-state index contributed by atoms with van der Waals surface area (Å²) in [5.74, 6) is 0.561. The lowest BCUT2D eigenvalue weighted by atomic mass is 9.94. The molecule has 1 aromatic rings. The molecule has 16 heavy (non-hydrogen) atoms. The van der Waals surface area contributed by atoms with E-state index in [0.717, 1.165) is 23.8 Å². The van der Waals surface area contributed by atoms with Gasteiger partial charge in [0.1, 0.15) is 11.1 Å². The van der Waals surface area contributed by atoms with Crippen LogP contribution in [0.5, 0.6) is 0 Å². The van der Waals surface area contributed by atoms with Crippen molar-refractivity contribution >= 4 is 11.3 Å². The van der Waals surface area contributed by atoms with Crippen LogP contribution in [0.1, 0.15) is 35.6 Å². The van der Waals surface area contributed by atoms with Crippen molar-refractivity contribution in [3.8, 4) is 0 Å². The number of hydrogen-bond donors (Lipinski definition) is 2. The van der Waals surface area contributed by atoms with Gasteiger partial charge in [0.25, 0.3) is 0 Å². The molecular weight excluding hydrogens is 222 g/mol. The van der Waals surface area contributed by atoms with Crippen LogP contribution in [-0.4, -0.2) is 41.7 Å². The van der Waals surface area contributed by atoms with Crippen LogP contribution >= 0.6 is 11.3 Å². The molecule has 0 amide bonds. The summed E-state index contributed by atoms with van der Waals surface area (Å²) in [5, 5.41) is 12.4. The van der Waals surface area contributed by atoms with Gasteiger partial charge in [-0.25, -0.2) is 4.98 Å². The molecule has 0 aromatic carbocycles. The number of thiazole rings is 1. The highest BCUT2D eigenvalue weighted by Crippen LogP contribution is 2.29. The average Bonchev–Trinajstić information content (AvgIpc) is 2.78. The van der Waals surface area contributed by atoms with E-state index in [0.29, 0.717) is 5.92 Å². The maximum absolute atomic E-state index is 9.60. The molecule has 2 rings (SSSR count). The highest BCUT2D eigenvalue weighted by molar-refractivity contribution is 7.09. The molecule has 0 bridgehead atoms. The van der Waals surface area contributed by atoms with E-state index < -0.39 is 6.10 Å². The van der Waals surface area contributed by atoms with Gasteiger partial charge >= 0.3 is 0 Å². The Morgan fingerprint density at radius 3 is 2.94 bits per heavy atom. The van der Waals surface area contributed by atoms with Gasteiger partial charge in [0.15, 0.2) is 0 Å². The van der Waals surface area contributed by atoms with Crippen LogP contribution in [0.3, 0.4) is 0 Å². The van der Waals surface area contributed by atoms with E-state index in [9.17, 15) is 5.11 Å². The van der Waals surface area contributed by atoms with Gasteiger partial charge in [0.2, 0.25) is 0 Å². The number of nitrogens with zero attached hydrogens (tertiary/aromatic N) is 2. The molecule has 3 N–H and O–H groups in total. The smallest absolute Gasteiger partial charge is 0.123 e. The fourth-order valence-electron chi connectivity index (χ4n) is 2.05. The Balaban J connectivity index is 2.01. The van der Waals surface area contributed by atoms with Gasteiger partial charge in [-0.1, -0.05) is 0 Å². The number of likely N-dealkylation sites (tertiary alicyclic amines) is 1. The molecule has 5 heteroatoms. The van der Waals surface area contributed by atoms with Gasteiger partial charge < -0.3 is 15.7 Å². The first-order valence-electron chi connectivity index (χ1n) is 5.72. The molecule has 2 heterocycles. The molecule has 1 saturated heterocycles. The standard InChI is InChI=1S/C11H19N3OS/c1-14-4-2-8(3-5-14)9-7-16-11(13-9)10(15)6-12/h7-8,10,15H,2-6,12H2,1H3. The minimum Gasteiger partial charge on any atom is -0.385 e. The van der Waals surface area contributed by atoms with Crippen LogP contribution in [0.2, 0.25) is 0 Å². The largest absolute Gasteiger partial charge is 0.385 e. The molecule has 1 aliphatic heterocycles. The predicted octanol–water partition coefficient (Wildman–Crippen LogP) is 0.944. The second kappa shape index (κ2) is 5.23. The van der Waals surface area contributed by atoms with E-state index >= 15 is 0 Å². The fraction of sp³-hybridized carbons (Fsp3) is 0.727. The molecule has 1 aromatic heterocycles. The topological polar surface area (TPSA) is 62.4 Å². The number of piperidine rings is 1. The predicted molar refractivity (Wildman–Crippen MR) is 65.6 cm³/mol. The van der Waals surface area contributed by atoms with Crippen molar-refractivity contribution in [3.63, 3.8) is 0 Å². The van der Waals surface area contributed by atoms with Crippen LogP contribution in [0.4, 0.5) is 0 Å². The number of aliphatic hydroxyl groups excluding tert-OH is 1. The summed E-state index contributed by atoms with van der Waals surface area (Å²) >= 11 is 1.52. The third kappa shape index (κ3) is 2.60. The lowest BCUT2D eigenvalue weighted by Gasteiger charge is -2.27. The van der Waals surface area contributed by atoms with Crippen molar-refractivity contribution in [3.05, 3.63) is 16.1 Å². The molecule has 0 aliphatic carbocycles. The zero-order valence-electron chi connectivity index (χ0n) is 9.59. The third-order valence-corrected chi connectivity index (χ3v) is 4.15. The Labute approximate surface area is 100 Å². The van der Waals surface area contributed by atoms with Crippen LogP contribution < -0.4 is 5.73 Å². The molecule has 1 aliphatic rings. The minimum absolute atomic E-state index is 0.250. The minimum atomic E-state index is -0.593. The first-order chi connectivity index (χ1) is 7.70. The molecule has 0 saturated carbocycles. The zero-order chi connectivity index (χ0) is 11.5.